The van der Waals surface area contributed by atoms with Crippen LogP contribution < -0.4 is 0 Å². The fourth-order valence-electron chi connectivity index (χ4n) is 5.51. The number of fused-ring (bicyclic) bond motifs is 2. The van der Waals surface area contributed by atoms with Crippen LogP contribution in [0.3, 0.4) is 0 Å². The minimum absolute atomic E-state index is 0.214. The van der Waals surface area contributed by atoms with Crippen LogP contribution >= 0.6 is 17.0 Å². The predicted octanol–water partition coefficient (Wildman–Crippen LogP) is 7.92. The molecule has 2 unspecified atom stereocenters. The normalized spacial score (nSPS) is 22.5. The van der Waals surface area contributed by atoms with Crippen molar-refractivity contribution >= 4 is 35.1 Å². The van der Waals surface area contributed by atoms with Crippen LogP contribution in [0, 0.1) is 5.92 Å². The molecule has 28 heavy (non-hydrogen) atoms. The number of hydrogen-bond acceptors (Lipinski definition) is 0. The van der Waals surface area contributed by atoms with Crippen LogP contribution in [-0.2, 0) is 15.6 Å². The predicted molar refractivity (Wildman–Crippen MR) is 125 cm³/mol. The Morgan fingerprint density at radius 2 is 1.32 bits per heavy atom. The quantitative estimate of drug-likeness (QED) is 0.369. The van der Waals surface area contributed by atoms with Crippen LogP contribution in [0.4, 0.5) is 0 Å². The van der Waals surface area contributed by atoms with Gasteiger partial charge in [0.2, 0.25) is 0 Å². The topological polar surface area (TPSA) is 0 Å². The second kappa shape index (κ2) is 7.09. The van der Waals surface area contributed by atoms with Crippen LogP contribution in [0.2, 0.25) is 13.1 Å². The Morgan fingerprint density at radius 1 is 0.821 bits per heavy atom. The fourth-order valence-corrected chi connectivity index (χ4v) is 37.8. The van der Waals surface area contributed by atoms with Crippen molar-refractivity contribution in [2.45, 2.75) is 41.1 Å². The van der Waals surface area contributed by atoms with Gasteiger partial charge in [0, 0.05) is 0 Å². The number of benzene rings is 2. The summed E-state index contributed by atoms with van der Waals surface area (Å²) in [6.07, 6.45) is 4.72. The summed E-state index contributed by atoms with van der Waals surface area (Å²) in [6.45, 7) is 11.6. The number of rotatable bonds is 4. The van der Waals surface area contributed by atoms with Gasteiger partial charge in [0.05, 0.1) is 0 Å². The average Bonchev–Trinajstić information content (AvgIpc) is 3.19. The molecule has 147 valence electrons. The van der Waals surface area contributed by atoms with Crippen molar-refractivity contribution in [3.63, 3.8) is 0 Å². The third-order valence-corrected chi connectivity index (χ3v) is 58.9. The minimum atomic E-state index is -4.39. The molecule has 0 aliphatic heterocycles. The first-order chi connectivity index (χ1) is 13.2. The summed E-state index contributed by atoms with van der Waals surface area (Å²) < 4.78 is 0.429. The Bertz CT molecular complexity index is 1000. The first-order valence-electron chi connectivity index (χ1n) is 10.3. The van der Waals surface area contributed by atoms with E-state index in [4.69, 9.17) is 17.0 Å². The van der Waals surface area contributed by atoms with E-state index in [1.807, 2.05) is 0 Å². The summed E-state index contributed by atoms with van der Waals surface area (Å²) in [4.78, 5) is 0. The van der Waals surface area contributed by atoms with E-state index in [1.54, 1.807) is 0 Å². The standard InChI is InChI=1S/C12H13.C10H9.C2H7Si.2ClH.Zr/c1-9(2)12-7-10-5-3-4-6-11(10)8-12;1-8-6-9-4-2-3-5-10(9)7-8;1-3-2;;;/h3-9H,1-2H3;2-7H,1H3;3H,1-2H3;2*1H;/q;;;;;+2/p-2. The maximum atomic E-state index is 8.09. The van der Waals surface area contributed by atoms with Gasteiger partial charge in [0.25, 0.3) is 0 Å². The molecule has 0 fully saturated rings. The molecular formula is C24H29Cl2SiZr. The molecule has 2 aromatic rings. The van der Waals surface area contributed by atoms with Crippen LogP contribution in [-0.4, -0.2) is 5.92 Å². The molecule has 0 aromatic heterocycles. The number of halogens is 2. The molecule has 0 spiro atoms. The summed E-state index contributed by atoms with van der Waals surface area (Å²) in [5, 5.41) is 0. The Kier molecular flexibility index (Phi) is 5.28. The van der Waals surface area contributed by atoms with E-state index >= 15 is 0 Å². The molecule has 0 heterocycles. The zero-order chi connectivity index (χ0) is 20.3. The van der Waals surface area contributed by atoms with Crippen molar-refractivity contribution in [1.82, 2.24) is 0 Å². The second-order valence-electron chi connectivity index (χ2n) is 9.19. The van der Waals surface area contributed by atoms with Crippen molar-refractivity contribution < 1.29 is 15.6 Å². The van der Waals surface area contributed by atoms with Crippen molar-refractivity contribution in [1.29, 1.82) is 0 Å². The third kappa shape index (κ3) is 2.86. The van der Waals surface area contributed by atoms with E-state index in [0.717, 1.165) is 0 Å². The van der Waals surface area contributed by atoms with Gasteiger partial charge in [-0.25, -0.2) is 0 Å². The Labute approximate surface area is 178 Å². The number of hydrogen-bond donors (Lipinski definition) is 0. The van der Waals surface area contributed by atoms with Gasteiger partial charge in [-0.1, -0.05) is 0 Å². The SMILES string of the molecule is CC1=Cc2ccccc2[CH]1[Zr]([Cl])([Cl])([CH]1C(C(C)C)=Cc2ccccc21)[SiH](C)C. The summed E-state index contributed by atoms with van der Waals surface area (Å²) in [5.74, 6) is -0.958. The van der Waals surface area contributed by atoms with E-state index in [-0.39, 0.29) is 7.25 Å². The Morgan fingerprint density at radius 3 is 1.86 bits per heavy atom. The molecular weight excluding hydrogens is 478 g/mol. The van der Waals surface area contributed by atoms with Crippen LogP contribution in [0.25, 0.3) is 12.2 Å². The van der Waals surface area contributed by atoms with E-state index in [1.165, 1.54) is 33.4 Å². The molecule has 2 aliphatic rings. The van der Waals surface area contributed by atoms with Gasteiger partial charge in [-0.15, -0.1) is 0 Å². The average molecular weight is 508 g/mol. The first kappa shape index (κ1) is 20.9. The van der Waals surface area contributed by atoms with Gasteiger partial charge >= 0.3 is 180 Å². The van der Waals surface area contributed by atoms with Crippen LogP contribution in [0.5, 0.6) is 0 Å². The second-order valence-corrected chi connectivity index (χ2v) is 51.7. The van der Waals surface area contributed by atoms with E-state index in [2.05, 4.69) is 94.5 Å². The van der Waals surface area contributed by atoms with E-state index in [0.29, 0.717) is 5.92 Å². The van der Waals surface area contributed by atoms with Crippen molar-refractivity contribution in [3.05, 3.63) is 81.9 Å². The third-order valence-electron chi connectivity index (χ3n) is 6.98. The van der Waals surface area contributed by atoms with E-state index in [9.17, 15) is 0 Å². The fraction of sp³-hybridized carbons (Fsp3) is 0.333. The zero-order valence-electron chi connectivity index (χ0n) is 17.3. The zero-order valence-corrected chi connectivity index (χ0v) is 22.5. The van der Waals surface area contributed by atoms with Gasteiger partial charge in [-0.3, -0.25) is 0 Å². The molecule has 0 saturated carbocycles. The molecule has 2 aromatic carbocycles. The molecule has 0 amide bonds. The molecule has 0 radical (unpaired) electrons. The maximum absolute atomic E-state index is 8.09. The first-order valence-corrected chi connectivity index (χ1v) is 26.6. The molecule has 2 aliphatic carbocycles. The van der Waals surface area contributed by atoms with Crippen LogP contribution in [0.1, 0.15) is 50.3 Å². The van der Waals surface area contributed by atoms with Crippen molar-refractivity contribution in [2.75, 3.05) is 0 Å². The van der Waals surface area contributed by atoms with Gasteiger partial charge in [-0.2, -0.15) is 0 Å². The van der Waals surface area contributed by atoms with Gasteiger partial charge in [0.1, 0.15) is 0 Å². The summed E-state index contributed by atoms with van der Waals surface area (Å²) >= 11 is -4.39. The van der Waals surface area contributed by atoms with Gasteiger partial charge in [-0.05, 0) is 0 Å². The van der Waals surface area contributed by atoms with E-state index < -0.39 is 21.5 Å². The molecule has 0 N–H and O–H groups in total. The van der Waals surface area contributed by atoms with Gasteiger partial charge < -0.3 is 0 Å². The molecule has 0 bridgehead atoms. The van der Waals surface area contributed by atoms with Crippen molar-refractivity contribution in [2.24, 2.45) is 5.92 Å². The summed E-state index contributed by atoms with van der Waals surface area (Å²) in [6, 6.07) is 17.5. The Hall–Kier alpha value is -0.400. The van der Waals surface area contributed by atoms with Gasteiger partial charge in [0.15, 0.2) is 0 Å². The monoisotopic (exact) mass is 505 g/mol. The molecule has 0 saturated heterocycles. The molecule has 2 atom stereocenters. The molecule has 0 nitrogen and oxygen atoms in total. The summed E-state index contributed by atoms with van der Waals surface area (Å²) in [7, 11) is 16.2. The molecule has 4 heteroatoms. The van der Waals surface area contributed by atoms with Crippen molar-refractivity contribution in [3.8, 4) is 0 Å². The molecule has 4 rings (SSSR count). The van der Waals surface area contributed by atoms with Crippen LogP contribution in [0.15, 0.2) is 59.7 Å². The Balaban J connectivity index is 2.01. The number of allylic oxidation sites excluding steroid dienone is 2. The summed E-state index contributed by atoms with van der Waals surface area (Å²) in [5.41, 5.74) is 8.19.